The fraction of sp³-hybridized carbons (Fsp3) is 0.136. The average Bonchev–Trinajstić information content (AvgIpc) is 3.36. The molecule has 0 N–H and O–H groups in total. The van der Waals surface area contributed by atoms with Crippen molar-refractivity contribution in [2.75, 3.05) is 35.8 Å². The van der Waals surface area contributed by atoms with E-state index in [1.807, 2.05) is 26.0 Å². The molecule has 5 aromatic rings. The summed E-state index contributed by atoms with van der Waals surface area (Å²) in [6, 6.07) is 12.8. The minimum atomic E-state index is 0.793. The van der Waals surface area contributed by atoms with Crippen LogP contribution in [0.3, 0.4) is 0 Å². The van der Waals surface area contributed by atoms with Gasteiger partial charge in [-0.1, -0.05) is 17.9 Å². The molecule has 0 saturated heterocycles. The lowest BCUT2D eigenvalue weighted by Crippen LogP contribution is -2.20. The summed E-state index contributed by atoms with van der Waals surface area (Å²) in [6.07, 6.45) is 3.42. The van der Waals surface area contributed by atoms with E-state index in [0.29, 0.717) is 0 Å². The van der Waals surface area contributed by atoms with Crippen LogP contribution in [0.15, 0.2) is 61.2 Å². The van der Waals surface area contributed by atoms with Crippen LogP contribution < -0.4 is 14.7 Å². The summed E-state index contributed by atoms with van der Waals surface area (Å²) in [5, 5.41) is 0. The fourth-order valence-corrected chi connectivity index (χ4v) is 5.03. The Labute approximate surface area is 177 Å². The predicted molar refractivity (Wildman–Crippen MR) is 124 cm³/mol. The Kier molecular flexibility index (Phi) is 3.41. The zero-order chi connectivity index (χ0) is 20.6. The highest BCUT2D eigenvalue weighted by Crippen LogP contribution is 2.43. The third-order valence-corrected chi connectivity index (χ3v) is 6.62. The van der Waals surface area contributed by atoms with E-state index in [9.17, 15) is 0 Å². The number of rotatable bonds is 2. The maximum atomic E-state index is 4.88. The van der Waals surface area contributed by atoms with Crippen LogP contribution in [-0.4, -0.2) is 40.5 Å². The molecule has 6 rings (SSSR count). The van der Waals surface area contributed by atoms with Gasteiger partial charge < -0.3 is 9.80 Å². The Hall–Kier alpha value is -3.65. The lowest BCUT2D eigenvalue weighted by atomic mass is 10.2. The fourth-order valence-electron chi connectivity index (χ4n) is 4.01. The average molecular weight is 414 g/mol. The molecule has 0 unspecified atom stereocenters. The summed E-state index contributed by atoms with van der Waals surface area (Å²) in [7, 11) is 6.05. The Morgan fingerprint density at radius 2 is 1.77 bits per heavy atom. The Balaban J connectivity index is 1.58. The summed E-state index contributed by atoms with van der Waals surface area (Å²) in [4.78, 5) is 21.0. The highest BCUT2D eigenvalue weighted by molar-refractivity contribution is 7.23. The van der Waals surface area contributed by atoms with Crippen LogP contribution in [-0.2, 0) is 0 Å². The standard InChI is InChI=1S/C22H19N7S/c1-13-27(4)20-21(24-10-9-23-20)28(13)15-6-8-19-18(12-15)29-17-7-5-14(26(2)3)11-16(17)25-22(29)30-19/h5-12H,1H2,2-4H3. The second kappa shape index (κ2) is 5.93. The number of anilines is 4. The van der Waals surface area contributed by atoms with Crippen LogP contribution in [0.5, 0.6) is 0 Å². The number of imidazole rings is 1. The number of nitrogens with zero attached hydrogens (tertiary/aromatic N) is 7. The normalized spacial score (nSPS) is 13.8. The van der Waals surface area contributed by atoms with Crippen LogP contribution in [0.4, 0.5) is 23.0 Å². The minimum Gasteiger partial charge on any atom is -0.378 e. The second-order valence-corrected chi connectivity index (χ2v) is 8.57. The van der Waals surface area contributed by atoms with Crippen LogP contribution in [0, 0.1) is 0 Å². The monoisotopic (exact) mass is 413 g/mol. The van der Waals surface area contributed by atoms with Crippen molar-refractivity contribution in [2.24, 2.45) is 0 Å². The van der Waals surface area contributed by atoms with Crippen molar-refractivity contribution in [3.8, 4) is 0 Å². The number of hydrogen-bond acceptors (Lipinski definition) is 7. The molecule has 3 aromatic heterocycles. The first-order valence-electron chi connectivity index (χ1n) is 9.59. The highest BCUT2D eigenvalue weighted by atomic mass is 32.1. The van der Waals surface area contributed by atoms with Crippen LogP contribution >= 0.6 is 11.3 Å². The molecule has 1 aliphatic heterocycles. The molecule has 0 saturated carbocycles. The molecule has 2 aromatic carbocycles. The number of fused-ring (bicyclic) bond motifs is 6. The van der Waals surface area contributed by atoms with E-state index in [-0.39, 0.29) is 0 Å². The molecule has 0 fully saturated rings. The molecule has 30 heavy (non-hydrogen) atoms. The Morgan fingerprint density at radius 1 is 0.967 bits per heavy atom. The van der Waals surface area contributed by atoms with E-state index in [0.717, 1.165) is 50.3 Å². The molecular formula is C22H19N7S. The van der Waals surface area contributed by atoms with Gasteiger partial charge in [-0.05, 0) is 36.4 Å². The van der Waals surface area contributed by atoms with E-state index in [1.165, 1.54) is 4.70 Å². The first kappa shape index (κ1) is 17.2. The Bertz CT molecular complexity index is 1480. The predicted octanol–water partition coefficient (Wildman–Crippen LogP) is 4.62. The van der Waals surface area contributed by atoms with Gasteiger partial charge in [-0.15, -0.1) is 0 Å². The largest absolute Gasteiger partial charge is 0.378 e. The summed E-state index contributed by atoms with van der Waals surface area (Å²) < 4.78 is 3.43. The molecular weight excluding hydrogens is 394 g/mol. The number of thiazole rings is 1. The summed E-state index contributed by atoms with van der Waals surface area (Å²) in [5.74, 6) is 2.43. The van der Waals surface area contributed by atoms with E-state index in [2.05, 4.69) is 67.1 Å². The van der Waals surface area contributed by atoms with Gasteiger partial charge in [-0.2, -0.15) is 0 Å². The van der Waals surface area contributed by atoms with Crippen LogP contribution in [0.25, 0.3) is 26.2 Å². The third kappa shape index (κ3) is 2.22. The van der Waals surface area contributed by atoms with Crippen LogP contribution in [0.2, 0.25) is 0 Å². The second-order valence-electron chi connectivity index (χ2n) is 7.57. The highest BCUT2D eigenvalue weighted by Gasteiger charge is 2.31. The van der Waals surface area contributed by atoms with Gasteiger partial charge in [0, 0.05) is 39.2 Å². The van der Waals surface area contributed by atoms with Gasteiger partial charge in [-0.3, -0.25) is 9.30 Å². The van der Waals surface area contributed by atoms with Gasteiger partial charge in [-0.25, -0.2) is 15.0 Å². The molecule has 148 valence electrons. The maximum Gasteiger partial charge on any atom is 0.195 e. The zero-order valence-electron chi connectivity index (χ0n) is 16.9. The molecule has 0 radical (unpaired) electrons. The first-order valence-corrected chi connectivity index (χ1v) is 10.4. The van der Waals surface area contributed by atoms with Gasteiger partial charge in [0.05, 0.1) is 26.9 Å². The summed E-state index contributed by atoms with van der Waals surface area (Å²) >= 11 is 1.70. The lowest BCUT2D eigenvalue weighted by Gasteiger charge is -2.20. The van der Waals surface area contributed by atoms with Crippen molar-refractivity contribution < 1.29 is 0 Å². The van der Waals surface area contributed by atoms with Gasteiger partial charge in [0.25, 0.3) is 0 Å². The third-order valence-electron chi connectivity index (χ3n) is 5.60. The molecule has 0 bridgehead atoms. The van der Waals surface area contributed by atoms with Crippen molar-refractivity contribution in [2.45, 2.75) is 0 Å². The van der Waals surface area contributed by atoms with Gasteiger partial charge >= 0.3 is 0 Å². The van der Waals surface area contributed by atoms with E-state index in [4.69, 9.17) is 4.98 Å². The molecule has 7 nitrogen and oxygen atoms in total. The van der Waals surface area contributed by atoms with E-state index in [1.54, 1.807) is 23.7 Å². The SMILES string of the molecule is C=C1N(C)c2nccnc2N1c1ccc2sc3nc4cc(N(C)C)ccc4n3c2c1. The molecule has 4 heterocycles. The van der Waals surface area contributed by atoms with Crippen LogP contribution in [0.1, 0.15) is 0 Å². The maximum absolute atomic E-state index is 4.88. The van der Waals surface area contributed by atoms with Crippen molar-refractivity contribution >= 4 is 60.6 Å². The van der Waals surface area contributed by atoms with Crippen molar-refractivity contribution in [1.82, 2.24) is 19.4 Å². The first-order chi connectivity index (χ1) is 14.5. The van der Waals surface area contributed by atoms with E-state index >= 15 is 0 Å². The minimum absolute atomic E-state index is 0.793. The van der Waals surface area contributed by atoms with Gasteiger partial charge in [0.1, 0.15) is 5.82 Å². The van der Waals surface area contributed by atoms with Crippen molar-refractivity contribution in [3.63, 3.8) is 0 Å². The number of benzene rings is 2. The van der Waals surface area contributed by atoms with Crippen molar-refractivity contribution in [3.05, 3.63) is 61.2 Å². The topological polar surface area (TPSA) is 52.8 Å². The van der Waals surface area contributed by atoms with Gasteiger partial charge in [0.2, 0.25) is 0 Å². The van der Waals surface area contributed by atoms with Gasteiger partial charge in [0.15, 0.2) is 16.6 Å². The lowest BCUT2D eigenvalue weighted by molar-refractivity contribution is 1.07. The molecule has 0 amide bonds. The molecule has 1 aliphatic rings. The van der Waals surface area contributed by atoms with E-state index < -0.39 is 0 Å². The molecule has 8 heteroatoms. The quantitative estimate of drug-likeness (QED) is 0.421. The molecule has 0 spiro atoms. The number of hydrogen-bond donors (Lipinski definition) is 0. The summed E-state index contributed by atoms with van der Waals surface area (Å²) in [5.41, 5.74) is 5.38. The van der Waals surface area contributed by atoms with Crippen molar-refractivity contribution in [1.29, 1.82) is 0 Å². The summed E-state index contributed by atoms with van der Waals surface area (Å²) in [6.45, 7) is 4.25. The molecule has 0 atom stereocenters. The molecule has 0 aliphatic carbocycles. The Morgan fingerprint density at radius 3 is 2.57 bits per heavy atom. The number of aromatic nitrogens is 4. The zero-order valence-corrected chi connectivity index (χ0v) is 17.7. The smallest absolute Gasteiger partial charge is 0.195 e.